The number of anilines is 1. The van der Waals surface area contributed by atoms with Crippen molar-refractivity contribution in [1.82, 2.24) is 14.4 Å². The molecule has 2 heterocycles. The second-order valence-electron chi connectivity index (χ2n) is 5.17. The maximum atomic E-state index is 12.8. The van der Waals surface area contributed by atoms with Crippen molar-refractivity contribution in [3.05, 3.63) is 48.0 Å². The van der Waals surface area contributed by atoms with Gasteiger partial charge in [0, 0.05) is 25.1 Å². The van der Waals surface area contributed by atoms with E-state index in [0.29, 0.717) is 18.0 Å². The normalized spacial score (nSPS) is 11.6. The minimum Gasteiger partial charge on any atom is -0.493 e. The molecule has 25 heavy (non-hydrogen) atoms. The van der Waals surface area contributed by atoms with E-state index in [9.17, 15) is 13.2 Å². The predicted molar refractivity (Wildman–Crippen MR) is 84.9 cm³/mol. The number of nitrogens with zero attached hydrogens (tertiary/aromatic N) is 3. The van der Waals surface area contributed by atoms with Gasteiger partial charge < -0.3 is 19.2 Å². The van der Waals surface area contributed by atoms with Crippen LogP contribution in [0.15, 0.2) is 36.8 Å². The van der Waals surface area contributed by atoms with E-state index in [0.717, 1.165) is 11.8 Å². The first kappa shape index (κ1) is 16.9. The highest BCUT2D eigenvalue weighted by Crippen LogP contribution is 2.30. The zero-order chi connectivity index (χ0) is 18.0. The minimum absolute atomic E-state index is 0.107. The van der Waals surface area contributed by atoms with Gasteiger partial charge in [-0.3, -0.25) is 0 Å². The number of hydrogen-bond donors (Lipinski definition) is 1. The molecule has 3 aromatic rings. The van der Waals surface area contributed by atoms with Crippen LogP contribution in [-0.2, 0) is 12.7 Å². The molecular weight excluding hydrogens is 337 g/mol. The first-order valence-electron chi connectivity index (χ1n) is 7.28. The molecule has 0 aliphatic rings. The smallest absolute Gasteiger partial charge is 0.434 e. The van der Waals surface area contributed by atoms with Gasteiger partial charge in [0.05, 0.1) is 14.2 Å². The fourth-order valence-corrected chi connectivity index (χ4v) is 2.36. The Kier molecular flexibility index (Phi) is 4.39. The third kappa shape index (κ3) is 3.44. The van der Waals surface area contributed by atoms with E-state index in [2.05, 4.69) is 15.3 Å². The number of rotatable bonds is 5. The van der Waals surface area contributed by atoms with Crippen LogP contribution in [0.25, 0.3) is 5.65 Å². The monoisotopic (exact) mass is 352 g/mol. The Morgan fingerprint density at radius 3 is 2.60 bits per heavy atom. The van der Waals surface area contributed by atoms with Crippen molar-refractivity contribution >= 4 is 11.5 Å². The third-order valence-corrected chi connectivity index (χ3v) is 3.57. The average molecular weight is 352 g/mol. The van der Waals surface area contributed by atoms with E-state index >= 15 is 0 Å². The van der Waals surface area contributed by atoms with Gasteiger partial charge in [-0.05, 0) is 17.7 Å². The van der Waals surface area contributed by atoms with Crippen LogP contribution in [-0.4, -0.2) is 28.6 Å². The number of hydrogen-bond acceptors (Lipinski definition) is 5. The molecule has 0 bridgehead atoms. The van der Waals surface area contributed by atoms with Gasteiger partial charge in [-0.2, -0.15) is 13.2 Å². The SMILES string of the molecule is COc1ccc(CNc2nccn3cc(C(F)(F)F)nc23)cc1OC. The number of ether oxygens (including phenoxy) is 2. The van der Waals surface area contributed by atoms with E-state index in [1.165, 1.54) is 31.0 Å². The summed E-state index contributed by atoms with van der Waals surface area (Å²) in [4.78, 5) is 7.70. The molecule has 0 aliphatic carbocycles. The van der Waals surface area contributed by atoms with Gasteiger partial charge in [-0.15, -0.1) is 0 Å². The largest absolute Gasteiger partial charge is 0.493 e. The van der Waals surface area contributed by atoms with Crippen molar-refractivity contribution in [3.63, 3.8) is 0 Å². The summed E-state index contributed by atoms with van der Waals surface area (Å²) >= 11 is 0. The predicted octanol–water partition coefficient (Wildman–Crippen LogP) is 3.38. The molecule has 0 atom stereocenters. The van der Waals surface area contributed by atoms with Crippen molar-refractivity contribution in [2.45, 2.75) is 12.7 Å². The van der Waals surface area contributed by atoms with Gasteiger partial charge in [0.25, 0.3) is 0 Å². The molecule has 132 valence electrons. The van der Waals surface area contributed by atoms with Gasteiger partial charge in [0.15, 0.2) is 28.7 Å². The Morgan fingerprint density at radius 2 is 1.92 bits per heavy atom. The summed E-state index contributed by atoms with van der Waals surface area (Å²) in [5.41, 5.74) is -0.00553. The molecule has 2 aromatic heterocycles. The topological polar surface area (TPSA) is 60.7 Å². The molecule has 6 nitrogen and oxygen atoms in total. The Morgan fingerprint density at radius 1 is 1.16 bits per heavy atom. The third-order valence-electron chi connectivity index (χ3n) is 3.57. The standard InChI is InChI=1S/C16H15F3N4O2/c1-24-11-4-3-10(7-12(11)25-2)8-21-14-15-22-13(16(17,18)19)9-23(15)6-5-20-14/h3-7,9H,8H2,1-2H3,(H,20,21). The molecule has 0 radical (unpaired) electrons. The number of nitrogens with one attached hydrogen (secondary N) is 1. The van der Waals surface area contributed by atoms with Crippen LogP contribution < -0.4 is 14.8 Å². The maximum Gasteiger partial charge on any atom is 0.434 e. The quantitative estimate of drug-likeness (QED) is 0.763. The number of fused-ring (bicyclic) bond motifs is 1. The summed E-state index contributed by atoms with van der Waals surface area (Å²) in [5.74, 6) is 1.41. The van der Waals surface area contributed by atoms with Crippen LogP contribution in [0.4, 0.5) is 19.0 Å². The van der Waals surface area contributed by atoms with Crippen molar-refractivity contribution in [2.75, 3.05) is 19.5 Å². The maximum absolute atomic E-state index is 12.8. The molecular formula is C16H15F3N4O2. The highest BCUT2D eigenvalue weighted by atomic mass is 19.4. The fourth-order valence-electron chi connectivity index (χ4n) is 2.36. The summed E-state index contributed by atoms with van der Waals surface area (Å²) in [6, 6.07) is 5.35. The van der Waals surface area contributed by atoms with E-state index in [1.54, 1.807) is 12.1 Å². The molecule has 0 amide bonds. The summed E-state index contributed by atoms with van der Waals surface area (Å²) in [7, 11) is 3.07. The van der Waals surface area contributed by atoms with Crippen LogP contribution >= 0.6 is 0 Å². The fraction of sp³-hybridized carbons (Fsp3) is 0.250. The molecule has 9 heteroatoms. The first-order valence-corrected chi connectivity index (χ1v) is 7.28. The van der Waals surface area contributed by atoms with E-state index < -0.39 is 11.9 Å². The van der Waals surface area contributed by atoms with Crippen LogP contribution in [0.3, 0.4) is 0 Å². The van der Waals surface area contributed by atoms with E-state index in [-0.39, 0.29) is 11.5 Å². The summed E-state index contributed by atoms with van der Waals surface area (Å²) in [5, 5.41) is 3.00. The number of imidazole rings is 1. The lowest BCUT2D eigenvalue weighted by Gasteiger charge is -2.11. The van der Waals surface area contributed by atoms with Gasteiger partial charge in [0.2, 0.25) is 0 Å². The molecule has 0 unspecified atom stereocenters. The van der Waals surface area contributed by atoms with Crippen LogP contribution in [0.2, 0.25) is 0 Å². The van der Waals surface area contributed by atoms with E-state index in [1.807, 2.05) is 6.07 Å². The zero-order valence-electron chi connectivity index (χ0n) is 13.5. The van der Waals surface area contributed by atoms with Crippen LogP contribution in [0.5, 0.6) is 11.5 Å². The molecule has 0 saturated carbocycles. The lowest BCUT2D eigenvalue weighted by molar-refractivity contribution is -0.140. The average Bonchev–Trinajstić information content (AvgIpc) is 3.04. The molecule has 1 N–H and O–H groups in total. The molecule has 3 rings (SSSR count). The number of methoxy groups -OCH3 is 2. The van der Waals surface area contributed by atoms with Crippen molar-refractivity contribution in [1.29, 1.82) is 0 Å². The first-order chi connectivity index (χ1) is 11.9. The van der Waals surface area contributed by atoms with Gasteiger partial charge in [-0.25, -0.2) is 9.97 Å². The molecule has 0 spiro atoms. The van der Waals surface area contributed by atoms with Crippen LogP contribution in [0, 0.1) is 0 Å². The van der Waals surface area contributed by atoms with Gasteiger partial charge in [0.1, 0.15) is 0 Å². The Hall–Kier alpha value is -2.97. The van der Waals surface area contributed by atoms with Crippen molar-refractivity contribution in [3.8, 4) is 11.5 Å². The number of benzene rings is 1. The van der Waals surface area contributed by atoms with E-state index in [4.69, 9.17) is 9.47 Å². The molecule has 0 saturated heterocycles. The number of alkyl halides is 3. The highest BCUT2D eigenvalue weighted by molar-refractivity contribution is 5.63. The Bertz CT molecular complexity index is 893. The van der Waals surface area contributed by atoms with Crippen LogP contribution in [0.1, 0.15) is 11.3 Å². The lowest BCUT2D eigenvalue weighted by Crippen LogP contribution is -2.05. The molecule has 1 aromatic carbocycles. The lowest BCUT2D eigenvalue weighted by atomic mass is 10.2. The Balaban J connectivity index is 1.85. The summed E-state index contributed by atoms with van der Waals surface area (Å²) in [6.45, 7) is 0.335. The molecule has 0 aliphatic heterocycles. The zero-order valence-corrected chi connectivity index (χ0v) is 13.5. The number of aromatic nitrogens is 3. The Labute approximate surface area is 141 Å². The minimum atomic E-state index is -4.51. The van der Waals surface area contributed by atoms with Gasteiger partial charge >= 0.3 is 6.18 Å². The molecule has 0 fully saturated rings. The summed E-state index contributed by atoms with van der Waals surface area (Å²) < 4.78 is 50.1. The second-order valence-corrected chi connectivity index (χ2v) is 5.17. The second kappa shape index (κ2) is 6.50. The van der Waals surface area contributed by atoms with Gasteiger partial charge in [-0.1, -0.05) is 6.07 Å². The van der Waals surface area contributed by atoms with Crippen molar-refractivity contribution in [2.24, 2.45) is 0 Å². The van der Waals surface area contributed by atoms with Crippen molar-refractivity contribution < 1.29 is 22.6 Å². The summed E-state index contributed by atoms with van der Waals surface area (Å²) in [6.07, 6.45) is -0.754. The highest BCUT2D eigenvalue weighted by Gasteiger charge is 2.34. The number of halogens is 3.